The van der Waals surface area contributed by atoms with E-state index < -0.39 is 6.10 Å². The molecule has 0 saturated heterocycles. The van der Waals surface area contributed by atoms with Crippen molar-refractivity contribution >= 4 is 11.8 Å². The summed E-state index contributed by atoms with van der Waals surface area (Å²) in [4.78, 5) is 0. The molecule has 2 atom stereocenters. The Morgan fingerprint density at radius 3 is 2.44 bits per heavy atom. The highest BCUT2D eigenvalue weighted by molar-refractivity contribution is 5.60. The Bertz CT molecular complexity index is 562. The van der Waals surface area contributed by atoms with Crippen molar-refractivity contribution < 1.29 is 5.11 Å². The van der Waals surface area contributed by atoms with Crippen molar-refractivity contribution in [2.24, 2.45) is 0 Å². The minimum atomic E-state index is -0.508. The van der Waals surface area contributed by atoms with Gasteiger partial charge in [-0.25, -0.2) is 0 Å². The van der Waals surface area contributed by atoms with Gasteiger partial charge in [0.15, 0.2) is 0 Å². The van der Waals surface area contributed by atoms with Crippen LogP contribution in [-0.2, 0) is 0 Å². The molecule has 2 heteroatoms. The average Bonchev–Trinajstić information content (AvgIpc) is 2.43. The molecule has 0 aromatic heterocycles. The van der Waals surface area contributed by atoms with Gasteiger partial charge in [0.1, 0.15) is 6.10 Å². The lowest BCUT2D eigenvalue weighted by molar-refractivity contribution is 0.168. The van der Waals surface area contributed by atoms with Gasteiger partial charge in [-0.1, -0.05) is 54.6 Å². The second-order valence-electron chi connectivity index (χ2n) is 4.47. The first-order valence-electron chi connectivity index (χ1n) is 6.11. The molecule has 0 amide bonds. The van der Waals surface area contributed by atoms with Crippen LogP contribution >= 0.6 is 0 Å². The van der Waals surface area contributed by atoms with E-state index in [1.54, 1.807) is 0 Å². The van der Waals surface area contributed by atoms with E-state index in [0.29, 0.717) is 0 Å². The minimum Gasteiger partial charge on any atom is -0.386 e. The van der Waals surface area contributed by atoms with E-state index in [4.69, 9.17) is 0 Å². The van der Waals surface area contributed by atoms with Crippen LogP contribution in [-0.4, -0.2) is 11.1 Å². The number of hydrogen-bond donors (Lipinski definition) is 2. The number of aliphatic hydroxyl groups excluding tert-OH is 1. The summed E-state index contributed by atoms with van der Waals surface area (Å²) in [5, 5.41) is 13.7. The number of anilines is 1. The first-order valence-corrected chi connectivity index (χ1v) is 6.11. The maximum atomic E-state index is 10.4. The largest absolute Gasteiger partial charge is 0.386 e. The van der Waals surface area contributed by atoms with Gasteiger partial charge in [0, 0.05) is 5.69 Å². The third kappa shape index (κ3) is 2.03. The van der Waals surface area contributed by atoms with E-state index in [9.17, 15) is 5.11 Å². The molecule has 2 N–H and O–H groups in total. The van der Waals surface area contributed by atoms with Crippen LogP contribution < -0.4 is 5.32 Å². The summed E-state index contributed by atoms with van der Waals surface area (Å²) in [5.41, 5.74) is 3.09. The van der Waals surface area contributed by atoms with E-state index in [2.05, 4.69) is 11.4 Å². The number of aliphatic hydroxyl groups is 1. The van der Waals surface area contributed by atoms with Crippen LogP contribution in [0.15, 0.2) is 60.7 Å². The summed E-state index contributed by atoms with van der Waals surface area (Å²) >= 11 is 0. The van der Waals surface area contributed by atoms with E-state index in [1.807, 2.05) is 60.7 Å². The number of para-hydroxylation sites is 1. The lowest BCUT2D eigenvalue weighted by atomic mass is 9.91. The Balaban J connectivity index is 1.85. The van der Waals surface area contributed by atoms with Crippen LogP contribution in [0.4, 0.5) is 5.69 Å². The van der Waals surface area contributed by atoms with Gasteiger partial charge in [-0.3, -0.25) is 0 Å². The van der Waals surface area contributed by atoms with Gasteiger partial charge in [-0.05, 0) is 23.3 Å². The summed E-state index contributed by atoms with van der Waals surface area (Å²) in [6.07, 6.45) is 3.56. The third-order valence-electron chi connectivity index (χ3n) is 3.25. The molecular weight excluding hydrogens is 222 g/mol. The van der Waals surface area contributed by atoms with Gasteiger partial charge in [0.2, 0.25) is 0 Å². The molecule has 18 heavy (non-hydrogen) atoms. The maximum Gasteiger partial charge on any atom is 0.103 e. The molecule has 3 rings (SSSR count). The summed E-state index contributed by atoms with van der Waals surface area (Å²) in [6, 6.07) is 17.8. The predicted molar refractivity (Wildman–Crippen MR) is 74.3 cm³/mol. The number of hydrogen-bond acceptors (Lipinski definition) is 2. The fourth-order valence-corrected chi connectivity index (χ4v) is 2.29. The van der Waals surface area contributed by atoms with Gasteiger partial charge in [0.25, 0.3) is 0 Å². The molecule has 1 aliphatic carbocycles. The molecule has 0 bridgehead atoms. The average molecular weight is 237 g/mol. The fraction of sp³-hybridized carbons (Fsp3) is 0.125. The Morgan fingerprint density at radius 2 is 1.61 bits per heavy atom. The standard InChI is InChI=1S/C16H15NO/c18-16-14-9-5-4-6-12(14)10-11-15(16)17-13-7-2-1-3-8-13/h1-11,15-18H/t15-,16+/m0/s1. The van der Waals surface area contributed by atoms with Crippen molar-refractivity contribution in [1.82, 2.24) is 0 Å². The van der Waals surface area contributed by atoms with Crippen molar-refractivity contribution in [1.29, 1.82) is 0 Å². The molecule has 2 aromatic rings. The van der Waals surface area contributed by atoms with Gasteiger partial charge >= 0.3 is 0 Å². The first-order chi connectivity index (χ1) is 8.84. The molecule has 90 valence electrons. The Morgan fingerprint density at radius 1 is 0.889 bits per heavy atom. The molecule has 0 aliphatic heterocycles. The van der Waals surface area contributed by atoms with Crippen molar-refractivity contribution in [3.63, 3.8) is 0 Å². The van der Waals surface area contributed by atoms with Gasteiger partial charge in [-0.2, -0.15) is 0 Å². The molecule has 2 aromatic carbocycles. The molecule has 2 nitrogen and oxygen atoms in total. The van der Waals surface area contributed by atoms with Crippen molar-refractivity contribution in [3.8, 4) is 0 Å². The van der Waals surface area contributed by atoms with E-state index in [1.165, 1.54) is 0 Å². The third-order valence-corrected chi connectivity index (χ3v) is 3.25. The Kier molecular flexibility index (Phi) is 2.87. The van der Waals surface area contributed by atoms with Crippen molar-refractivity contribution in [2.75, 3.05) is 5.32 Å². The first kappa shape index (κ1) is 11.1. The Hall–Kier alpha value is -2.06. The molecule has 0 unspecified atom stereocenters. The second-order valence-corrected chi connectivity index (χ2v) is 4.47. The number of fused-ring (bicyclic) bond motifs is 1. The van der Waals surface area contributed by atoms with Crippen LogP contribution in [0.3, 0.4) is 0 Å². The van der Waals surface area contributed by atoms with Gasteiger partial charge < -0.3 is 10.4 Å². The second kappa shape index (κ2) is 4.67. The summed E-state index contributed by atoms with van der Waals surface area (Å²) in [7, 11) is 0. The van der Waals surface area contributed by atoms with E-state index in [-0.39, 0.29) is 6.04 Å². The normalized spacial score (nSPS) is 21.4. The lowest BCUT2D eigenvalue weighted by Gasteiger charge is -2.27. The Labute approximate surface area is 107 Å². The van der Waals surface area contributed by atoms with Crippen LogP contribution in [0.25, 0.3) is 6.08 Å². The zero-order chi connectivity index (χ0) is 12.4. The molecule has 0 heterocycles. The number of benzene rings is 2. The minimum absolute atomic E-state index is 0.0812. The molecule has 0 radical (unpaired) electrons. The van der Waals surface area contributed by atoms with Crippen molar-refractivity contribution in [2.45, 2.75) is 12.1 Å². The van der Waals surface area contributed by atoms with Crippen LogP contribution in [0.2, 0.25) is 0 Å². The van der Waals surface area contributed by atoms with E-state index in [0.717, 1.165) is 16.8 Å². The van der Waals surface area contributed by atoms with E-state index >= 15 is 0 Å². The lowest BCUT2D eigenvalue weighted by Crippen LogP contribution is -2.27. The molecule has 0 saturated carbocycles. The predicted octanol–water partition coefficient (Wildman–Crippen LogP) is 3.23. The van der Waals surface area contributed by atoms with Crippen LogP contribution in [0, 0.1) is 0 Å². The molecule has 0 spiro atoms. The highest BCUT2D eigenvalue weighted by atomic mass is 16.3. The maximum absolute atomic E-state index is 10.4. The van der Waals surface area contributed by atoms with Crippen molar-refractivity contribution in [3.05, 3.63) is 71.8 Å². The van der Waals surface area contributed by atoms with Gasteiger partial charge in [0.05, 0.1) is 6.04 Å². The fourth-order valence-electron chi connectivity index (χ4n) is 2.29. The molecule has 0 fully saturated rings. The topological polar surface area (TPSA) is 32.3 Å². The monoisotopic (exact) mass is 237 g/mol. The zero-order valence-electron chi connectivity index (χ0n) is 9.95. The number of nitrogens with one attached hydrogen (secondary N) is 1. The number of rotatable bonds is 2. The summed E-state index contributed by atoms with van der Waals surface area (Å²) < 4.78 is 0. The highest BCUT2D eigenvalue weighted by Crippen LogP contribution is 2.29. The van der Waals surface area contributed by atoms with Gasteiger partial charge in [-0.15, -0.1) is 0 Å². The molecular formula is C16H15NO. The zero-order valence-corrected chi connectivity index (χ0v) is 9.95. The SMILES string of the molecule is O[C@@H]1c2ccccc2C=C[C@@H]1Nc1ccccc1. The highest BCUT2D eigenvalue weighted by Gasteiger charge is 2.23. The quantitative estimate of drug-likeness (QED) is 0.840. The van der Waals surface area contributed by atoms with Crippen LogP contribution in [0.1, 0.15) is 17.2 Å². The van der Waals surface area contributed by atoms with Crippen LogP contribution in [0.5, 0.6) is 0 Å². The smallest absolute Gasteiger partial charge is 0.103 e. The summed E-state index contributed by atoms with van der Waals surface area (Å²) in [5.74, 6) is 0. The summed E-state index contributed by atoms with van der Waals surface area (Å²) in [6.45, 7) is 0. The molecule has 1 aliphatic rings.